The van der Waals surface area contributed by atoms with Crippen LogP contribution in [0.2, 0.25) is 0 Å². The minimum absolute atomic E-state index is 0.197. The second kappa shape index (κ2) is 8.39. The third-order valence-electron chi connectivity index (χ3n) is 2.53. The van der Waals surface area contributed by atoms with Gasteiger partial charge in [0.15, 0.2) is 12.6 Å². The zero-order valence-corrected chi connectivity index (χ0v) is 12.1. The van der Waals surface area contributed by atoms with Gasteiger partial charge in [-0.25, -0.2) is 0 Å². The van der Waals surface area contributed by atoms with Crippen molar-refractivity contribution < 1.29 is 17.9 Å². The third kappa shape index (κ3) is 7.43. The van der Waals surface area contributed by atoms with Crippen LogP contribution in [0.5, 0.6) is 5.75 Å². The molecular formula is C14H20F3N3O. The number of nitrogens with one attached hydrogen (secondary N) is 2. The summed E-state index contributed by atoms with van der Waals surface area (Å²) in [6.45, 7) is 2.01. The molecule has 0 fully saturated rings. The van der Waals surface area contributed by atoms with Crippen molar-refractivity contribution >= 4 is 5.96 Å². The van der Waals surface area contributed by atoms with Crippen LogP contribution in [-0.4, -0.2) is 32.3 Å². The number of benzene rings is 1. The van der Waals surface area contributed by atoms with Gasteiger partial charge in [-0.3, -0.25) is 4.99 Å². The van der Waals surface area contributed by atoms with E-state index in [4.69, 9.17) is 4.74 Å². The molecule has 1 rings (SSSR count). The fraction of sp³-hybridized carbons (Fsp3) is 0.500. The first-order valence-corrected chi connectivity index (χ1v) is 6.67. The standard InChI is InChI=1S/C14H20F3N3O/c1-3-7-19-13(18-2)20-9-11-5-4-6-12(8-11)21-10-14(15,16)17/h4-6,8H,3,7,9-10H2,1-2H3,(H2,18,19,20). The molecule has 0 spiro atoms. The molecule has 0 aromatic heterocycles. The Morgan fingerprint density at radius 3 is 2.67 bits per heavy atom. The molecule has 1 aromatic carbocycles. The first-order chi connectivity index (χ1) is 9.94. The molecule has 0 amide bonds. The summed E-state index contributed by atoms with van der Waals surface area (Å²) < 4.78 is 41.0. The van der Waals surface area contributed by atoms with Gasteiger partial charge in [-0.15, -0.1) is 0 Å². The fourth-order valence-corrected chi connectivity index (χ4v) is 1.56. The van der Waals surface area contributed by atoms with Crippen molar-refractivity contribution in [3.63, 3.8) is 0 Å². The monoisotopic (exact) mass is 303 g/mol. The first kappa shape index (κ1) is 17.1. The molecule has 0 radical (unpaired) electrons. The number of hydrogen-bond acceptors (Lipinski definition) is 2. The van der Waals surface area contributed by atoms with Gasteiger partial charge in [0.05, 0.1) is 0 Å². The van der Waals surface area contributed by atoms with Crippen molar-refractivity contribution in [3.05, 3.63) is 29.8 Å². The highest BCUT2D eigenvalue weighted by Gasteiger charge is 2.28. The lowest BCUT2D eigenvalue weighted by Gasteiger charge is -2.13. The summed E-state index contributed by atoms with van der Waals surface area (Å²) in [6, 6.07) is 6.54. The normalized spacial score (nSPS) is 12.1. The maximum atomic E-state index is 12.1. The van der Waals surface area contributed by atoms with E-state index >= 15 is 0 Å². The van der Waals surface area contributed by atoms with Gasteiger partial charge in [-0.2, -0.15) is 13.2 Å². The molecule has 4 nitrogen and oxygen atoms in total. The Kier molecular flexibility index (Phi) is 6.84. The second-order valence-electron chi connectivity index (χ2n) is 4.40. The van der Waals surface area contributed by atoms with Gasteiger partial charge in [0.2, 0.25) is 0 Å². The molecule has 2 N–H and O–H groups in total. The zero-order chi connectivity index (χ0) is 15.7. The highest BCUT2D eigenvalue weighted by Crippen LogP contribution is 2.19. The molecule has 0 saturated carbocycles. The van der Waals surface area contributed by atoms with Crippen LogP contribution in [0.3, 0.4) is 0 Å². The molecule has 0 aliphatic carbocycles. The van der Waals surface area contributed by atoms with E-state index in [9.17, 15) is 13.2 Å². The van der Waals surface area contributed by atoms with Gasteiger partial charge in [0.25, 0.3) is 0 Å². The molecule has 0 heterocycles. The van der Waals surface area contributed by atoms with Gasteiger partial charge >= 0.3 is 6.18 Å². The average molecular weight is 303 g/mol. The molecule has 21 heavy (non-hydrogen) atoms. The minimum Gasteiger partial charge on any atom is -0.484 e. The summed E-state index contributed by atoms with van der Waals surface area (Å²) in [7, 11) is 1.66. The largest absolute Gasteiger partial charge is 0.484 e. The summed E-state index contributed by atoms with van der Waals surface area (Å²) in [5.41, 5.74) is 0.814. The van der Waals surface area contributed by atoms with Crippen molar-refractivity contribution in [2.45, 2.75) is 26.1 Å². The van der Waals surface area contributed by atoms with Crippen LogP contribution in [0.15, 0.2) is 29.3 Å². The van der Waals surface area contributed by atoms with E-state index < -0.39 is 12.8 Å². The van der Waals surface area contributed by atoms with E-state index in [1.807, 2.05) is 6.92 Å². The number of nitrogens with zero attached hydrogens (tertiary/aromatic N) is 1. The number of alkyl halides is 3. The van der Waals surface area contributed by atoms with Crippen LogP contribution in [0, 0.1) is 0 Å². The van der Waals surface area contributed by atoms with Gasteiger partial charge in [-0.05, 0) is 24.1 Å². The number of hydrogen-bond donors (Lipinski definition) is 2. The maximum absolute atomic E-state index is 12.1. The van der Waals surface area contributed by atoms with E-state index in [1.165, 1.54) is 6.07 Å². The third-order valence-corrected chi connectivity index (χ3v) is 2.53. The number of ether oxygens (including phenoxy) is 1. The van der Waals surface area contributed by atoms with Crippen LogP contribution in [0.4, 0.5) is 13.2 Å². The summed E-state index contributed by atoms with van der Waals surface area (Å²) in [5.74, 6) is 0.849. The van der Waals surface area contributed by atoms with E-state index in [-0.39, 0.29) is 5.75 Å². The topological polar surface area (TPSA) is 45.7 Å². The molecule has 0 unspecified atom stereocenters. The van der Waals surface area contributed by atoms with Gasteiger partial charge in [-0.1, -0.05) is 19.1 Å². The summed E-state index contributed by atoms with van der Waals surface area (Å²) >= 11 is 0. The summed E-state index contributed by atoms with van der Waals surface area (Å²) in [5, 5.41) is 6.19. The Bertz CT molecular complexity index is 461. The van der Waals surface area contributed by atoms with Crippen LogP contribution >= 0.6 is 0 Å². The Labute approximate surface area is 122 Å². The molecular weight excluding hydrogens is 283 g/mol. The second-order valence-corrected chi connectivity index (χ2v) is 4.40. The zero-order valence-electron chi connectivity index (χ0n) is 12.1. The van der Waals surface area contributed by atoms with Crippen LogP contribution < -0.4 is 15.4 Å². The lowest BCUT2D eigenvalue weighted by Crippen LogP contribution is -2.37. The first-order valence-electron chi connectivity index (χ1n) is 6.67. The number of rotatable bonds is 6. The average Bonchev–Trinajstić information content (AvgIpc) is 2.45. The fourth-order valence-electron chi connectivity index (χ4n) is 1.56. The lowest BCUT2D eigenvalue weighted by molar-refractivity contribution is -0.153. The molecule has 118 valence electrons. The Morgan fingerprint density at radius 1 is 1.29 bits per heavy atom. The van der Waals surface area contributed by atoms with Gasteiger partial charge in [0.1, 0.15) is 5.75 Å². The Balaban J connectivity index is 2.52. The van der Waals surface area contributed by atoms with Gasteiger partial charge < -0.3 is 15.4 Å². The SMILES string of the molecule is CCCNC(=NC)NCc1cccc(OCC(F)(F)F)c1. The minimum atomic E-state index is -4.33. The van der Waals surface area contributed by atoms with Crippen LogP contribution in [0.1, 0.15) is 18.9 Å². The maximum Gasteiger partial charge on any atom is 0.422 e. The molecule has 1 aromatic rings. The number of halogens is 3. The Morgan fingerprint density at radius 2 is 2.05 bits per heavy atom. The number of guanidine groups is 1. The van der Waals surface area contributed by atoms with Crippen LogP contribution in [0.25, 0.3) is 0 Å². The van der Waals surface area contributed by atoms with Crippen molar-refractivity contribution in [3.8, 4) is 5.75 Å². The molecule has 0 aliphatic heterocycles. The highest BCUT2D eigenvalue weighted by atomic mass is 19.4. The molecule has 0 bridgehead atoms. The van der Waals surface area contributed by atoms with Gasteiger partial charge in [0, 0.05) is 20.1 Å². The molecule has 7 heteroatoms. The Hall–Kier alpha value is -1.92. The van der Waals surface area contributed by atoms with E-state index in [0.717, 1.165) is 18.5 Å². The van der Waals surface area contributed by atoms with E-state index in [0.29, 0.717) is 12.5 Å². The van der Waals surface area contributed by atoms with Crippen molar-refractivity contribution in [2.24, 2.45) is 4.99 Å². The molecule has 0 atom stereocenters. The lowest BCUT2D eigenvalue weighted by atomic mass is 10.2. The summed E-state index contributed by atoms with van der Waals surface area (Å²) in [6.07, 6.45) is -3.36. The van der Waals surface area contributed by atoms with Crippen LogP contribution in [-0.2, 0) is 6.54 Å². The molecule has 0 saturated heterocycles. The van der Waals surface area contributed by atoms with E-state index in [1.54, 1.807) is 25.2 Å². The van der Waals surface area contributed by atoms with Crippen molar-refractivity contribution in [2.75, 3.05) is 20.2 Å². The summed E-state index contributed by atoms with van der Waals surface area (Å²) in [4.78, 5) is 4.05. The van der Waals surface area contributed by atoms with Crippen molar-refractivity contribution in [1.82, 2.24) is 10.6 Å². The van der Waals surface area contributed by atoms with E-state index in [2.05, 4.69) is 15.6 Å². The highest BCUT2D eigenvalue weighted by molar-refractivity contribution is 5.79. The predicted octanol–water partition coefficient (Wildman–Crippen LogP) is 2.70. The smallest absolute Gasteiger partial charge is 0.422 e. The quantitative estimate of drug-likeness (QED) is 0.627. The number of aliphatic imine (C=N–C) groups is 1. The molecule has 0 aliphatic rings. The predicted molar refractivity (Wildman–Crippen MR) is 76.5 cm³/mol. The van der Waals surface area contributed by atoms with Crippen molar-refractivity contribution in [1.29, 1.82) is 0 Å².